The number of oxime groups is 1. The maximum atomic E-state index is 8.23. The van der Waals surface area contributed by atoms with Gasteiger partial charge >= 0.3 is 3.92 Å². The summed E-state index contributed by atoms with van der Waals surface area (Å²) in [6.45, 7) is 0. The number of hydrogen-bond acceptors (Lipinski definition) is 2. The van der Waals surface area contributed by atoms with Gasteiger partial charge in [-0.15, -0.1) is 12.4 Å². The molecule has 78 valence electrons. The minimum atomic E-state index is -1.49. The molecule has 1 N–H and O–H groups in total. The zero-order valence-electron chi connectivity index (χ0n) is 6.77. The normalized spacial score (nSPS) is 11.4. The first kappa shape index (κ1) is 13.8. The second-order valence-corrected chi connectivity index (χ2v) is 4.47. The maximum absolute atomic E-state index is 8.23. The fraction of sp³-hybridized carbons (Fsp3) is 0.143. The van der Waals surface area contributed by atoms with Gasteiger partial charge in [-0.05, 0) is 34.8 Å². The van der Waals surface area contributed by atoms with Gasteiger partial charge in [0, 0.05) is 17.7 Å². The van der Waals surface area contributed by atoms with Gasteiger partial charge in [-0.25, -0.2) is 0 Å². The molecule has 0 bridgehead atoms. The van der Waals surface area contributed by atoms with Crippen LogP contribution >= 0.6 is 47.2 Å². The predicted molar refractivity (Wildman–Crippen MR) is 58.8 cm³/mol. The van der Waals surface area contributed by atoms with Crippen LogP contribution < -0.4 is 4.57 Å². The lowest BCUT2D eigenvalue weighted by atomic mass is 10.3. The SMILES string of the molecule is Cl.ON=Cc1cc[n+](C(Cl)(Cl)Cl)cc1. The molecule has 0 saturated carbocycles. The molecule has 0 aliphatic carbocycles. The Labute approximate surface area is 102 Å². The van der Waals surface area contributed by atoms with E-state index in [4.69, 9.17) is 40.0 Å². The van der Waals surface area contributed by atoms with Crippen LogP contribution in [0, 0.1) is 0 Å². The highest BCUT2D eigenvalue weighted by atomic mass is 35.6. The quantitative estimate of drug-likeness (QED) is 0.276. The molecule has 1 heterocycles. The molecule has 0 spiro atoms. The van der Waals surface area contributed by atoms with Gasteiger partial charge in [0.15, 0.2) is 12.4 Å². The Hall–Kier alpha value is -0.220. The third kappa shape index (κ3) is 3.88. The Morgan fingerprint density at radius 3 is 2.14 bits per heavy atom. The van der Waals surface area contributed by atoms with Crippen molar-refractivity contribution < 1.29 is 9.77 Å². The van der Waals surface area contributed by atoms with Gasteiger partial charge < -0.3 is 5.21 Å². The minimum Gasteiger partial charge on any atom is -0.411 e. The Morgan fingerprint density at radius 2 is 1.79 bits per heavy atom. The molecule has 0 unspecified atom stereocenters. The van der Waals surface area contributed by atoms with Crippen molar-refractivity contribution in [3.8, 4) is 0 Å². The summed E-state index contributed by atoms with van der Waals surface area (Å²) < 4.78 is -0.0960. The Kier molecular flexibility index (Phi) is 5.52. The van der Waals surface area contributed by atoms with Gasteiger partial charge in [0.1, 0.15) is 0 Å². The first-order valence-corrected chi connectivity index (χ1v) is 4.43. The topological polar surface area (TPSA) is 36.5 Å². The molecule has 0 aliphatic rings. The average molecular weight is 277 g/mol. The van der Waals surface area contributed by atoms with Gasteiger partial charge in [-0.1, -0.05) is 5.16 Å². The van der Waals surface area contributed by atoms with Gasteiger partial charge in [-0.3, -0.25) is 0 Å². The number of aromatic nitrogens is 1. The maximum Gasteiger partial charge on any atom is 0.399 e. The Bertz CT molecular complexity index is 306. The number of pyridine rings is 1. The summed E-state index contributed by atoms with van der Waals surface area (Å²) in [5, 5.41) is 11.1. The van der Waals surface area contributed by atoms with Gasteiger partial charge in [0.05, 0.1) is 6.21 Å². The van der Waals surface area contributed by atoms with Crippen LogP contribution in [0.25, 0.3) is 0 Å². The molecule has 0 aliphatic heterocycles. The summed E-state index contributed by atoms with van der Waals surface area (Å²) in [4.78, 5) is 0. The van der Waals surface area contributed by atoms with Gasteiger partial charge in [-0.2, -0.15) is 4.57 Å². The lowest BCUT2D eigenvalue weighted by Crippen LogP contribution is -2.43. The molecule has 7 heteroatoms. The Balaban J connectivity index is 0.00000169. The second kappa shape index (κ2) is 5.61. The molecule has 0 fully saturated rings. The second-order valence-electron chi connectivity index (χ2n) is 2.25. The molecule has 0 atom stereocenters. The van der Waals surface area contributed by atoms with E-state index in [1.807, 2.05) is 0 Å². The summed E-state index contributed by atoms with van der Waals surface area (Å²) in [6.07, 6.45) is 4.43. The molecule has 0 amide bonds. The van der Waals surface area contributed by atoms with E-state index in [0.717, 1.165) is 0 Å². The summed E-state index contributed by atoms with van der Waals surface area (Å²) in [6, 6.07) is 3.31. The van der Waals surface area contributed by atoms with Crippen LogP contribution in [0.3, 0.4) is 0 Å². The number of halogens is 4. The van der Waals surface area contributed by atoms with Crippen molar-refractivity contribution >= 4 is 53.4 Å². The van der Waals surface area contributed by atoms with Crippen LogP contribution in [0.2, 0.25) is 0 Å². The summed E-state index contributed by atoms with van der Waals surface area (Å²) in [5.41, 5.74) is 0.716. The molecule has 1 aromatic rings. The third-order valence-electron chi connectivity index (χ3n) is 1.35. The molecular formula is C7H7Cl4N2O+. The van der Waals surface area contributed by atoms with Crippen LogP contribution in [0.5, 0.6) is 0 Å². The first-order chi connectivity index (χ1) is 6.04. The van der Waals surface area contributed by atoms with E-state index >= 15 is 0 Å². The number of hydrogen-bond donors (Lipinski definition) is 1. The molecule has 14 heavy (non-hydrogen) atoms. The van der Waals surface area contributed by atoms with Crippen molar-refractivity contribution in [1.82, 2.24) is 0 Å². The van der Waals surface area contributed by atoms with Crippen molar-refractivity contribution in [1.29, 1.82) is 0 Å². The van der Waals surface area contributed by atoms with E-state index in [1.54, 1.807) is 24.5 Å². The molecule has 0 radical (unpaired) electrons. The van der Waals surface area contributed by atoms with Gasteiger partial charge in [0.25, 0.3) is 0 Å². The van der Waals surface area contributed by atoms with Crippen LogP contribution in [0.1, 0.15) is 5.56 Å². The average Bonchev–Trinajstić information content (AvgIpc) is 2.04. The zero-order chi connectivity index (χ0) is 9.90. The number of nitrogens with zero attached hydrogens (tertiary/aromatic N) is 2. The highest BCUT2D eigenvalue weighted by Gasteiger charge is 2.30. The summed E-state index contributed by atoms with van der Waals surface area (Å²) in [5.74, 6) is 0. The standard InChI is InChI=1S/C7H5Cl3N2O.ClH/c8-7(9,10)12-3-1-6(2-4-12)5-11-13;/h1-5H;1H/p+1. The van der Waals surface area contributed by atoms with Crippen molar-refractivity contribution in [2.24, 2.45) is 5.16 Å². The van der Waals surface area contributed by atoms with Crippen molar-refractivity contribution in [2.75, 3.05) is 0 Å². The van der Waals surface area contributed by atoms with Crippen LogP contribution in [-0.2, 0) is 3.92 Å². The zero-order valence-corrected chi connectivity index (χ0v) is 9.85. The van der Waals surface area contributed by atoms with Crippen LogP contribution in [-0.4, -0.2) is 11.4 Å². The fourth-order valence-electron chi connectivity index (χ4n) is 0.760. The van der Waals surface area contributed by atoms with E-state index in [9.17, 15) is 0 Å². The van der Waals surface area contributed by atoms with E-state index in [2.05, 4.69) is 5.16 Å². The summed E-state index contributed by atoms with van der Waals surface area (Å²) in [7, 11) is 0. The van der Waals surface area contributed by atoms with Crippen molar-refractivity contribution in [3.63, 3.8) is 0 Å². The monoisotopic (exact) mass is 275 g/mol. The lowest BCUT2D eigenvalue weighted by molar-refractivity contribution is -0.699. The smallest absolute Gasteiger partial charge is 0.399 e. The minimum absolute atomic E-state index is 0. The van der Waals surface area contributed by atoms with E-state index in [1.165, 1.54) is 10.8 Å². The van der Waals surface area contributed by atoms with Gasteiger partial charge in [0.2, 0.25) is 0 Å². The molecule has 3 nitrogen and oxygen atoms in total. The number of alkyl halides is 3. The fourth-order valence-corrected chi connectivity index (χ4v) is 1.10. The molecular weight excluding hydrogens is 270 g/mol. The highest BCUT2D eigenvalue weighted by molar-refractivity contribution is 6.63. The van der Waals surface area contributed by atoms with Crippen LogP contribution in [0.4, 0.5) is 0 Å². The van der Waals surface area contributed by atoms with E-state index in [0.29, 0.717) is 5.56 Å². The molecule has 1 rings (SSSR count). The van der Waals surface area contributed by atoms with Crippen LogP contribution in [0.15, 0.2) is 29.7 Å². The van der Waals surface area contributed by atoms with Crippen molar-refractivity contribution in [2.45, 2.75) is 3.92 Å². The Morgan fingerprint density at radius 1 is 1.29 bits per heavy atom. The highest BCUT2D eigenvalue weighted by Crippen LogP contribution is 2.24. The van der Waals surface area contributed by atoms with E-state index < -0.39 is 3.92 Å². The summed E-state index contributed by atoms with van der Waals surface area (Å²) >= 11 is 16.8. The molecule has 0 aromatic carbocycles. The lowest BCUT2D eigenvalue weighted by Gasteiger charge is -2.03. The largest absolute Gasteiger partial charge is 0.411 e. The number of rotatable bonds is 1. The third-order valence-corrected chi connectivity index (χ3v) is 1.94. The molecule has 1 aromatic heterocycles. The van der Waals surface area contributed by atoms with E-state index in [-0.39, 0.29) is 12.4 Å². The molecule has 0 saturated heterocycles. The predicted octanol–water partition coefficient (Wildman–Crippen LogP) is 2.49. The van der Waals surface area contributed by atoms with Crippen molar-refractivity contribution in [3.05, 3.63) is 30.1 Å². The first-order valence-electron chi connectivity index (χ1n) is 3.30.